The van der Waals surface area contributed by atoms with Gasteiger partial charge >= 0.3 is 12.0 Å². The Kier molecular flexibility index (Phi) is 5.31. The first-order valence-electron chi connectivity index (χ1n) is 8.62. The highest BCUT2D eigenvalue weighted by Gasteiger charge is 2.36. The molecule has 0 bridgehead atoms. The van der Waals surface area contributed by atoms with Gasteiger partial charge in [0.25, 0.3) is 0 Å². The molecule has 0 saturated carbocycles. The largest absolute Gasteiger partial charge is 0.463 e. The molecule has 144 valence electrons. The van der Waals surface area contributed by atoms with Crippen molar-refractivity contribution < 1.29 is 18.7 Å². The summed E-state index contributed by atoms with van der Waals surface area (Å²) >= 11 is 0. The van der Waals surface area contributed by atoms with Crippen molar-refractivity contribution in [2.75, 3.05) is 11.9 Å². The molecule has 0 aliphatic carbocycles. The van der Waals surface area contributed by atoms with Crippen LogP contribution in [-0.4, -0.2) is 23.6 Å². The van der Waals surface area contributed by atoms with Crippen molar-refractivity contribution in [1.29, 1.82) is 5.26 Å². The number of oxazole rings is 1. The maximum absolute atomic E-state index is 12.4. The van der Waals surface area contributed by atoms with Crippen LogP contribution in [0.25, 0.3) is 0 Å². The van der Waals surface area contributed by atoms with Crippen LogP contribution in [0.5, 0.6) is 0 Å². The van der Waals surface area contributed by atoms with E-state index >= 15 is 0 Å². The fourth-order valence-corrected chi connectivity index (χ4v) is 2.75. The Hall–Kier alpha value is -3.80. The second-order valence-corrected chi connectivity index (χ2v) is 6.12. The van der Waals surface area contributed by atoms with Crippen LogP contribution in [0.4, 0.5) is 16.4 Å². The van der Waals surface area contributed by atoms with Crippen LogP contribution in [-0.2, 0) is 9.53 Å². The molecule has 3 N–H and O–H groups in total. The molecule has 1 aromatic heterocycles. The number of hydrogen-bond donors (Lipinski definition) is 3. The van der Waals surface area contributed by atoms with E-state index in [1.165, 1.54) is 0 Å². The van der Waals surface area contributed by atoms with E-state index < -0.39 is 18.0 Å². The standard InChI is InChI=1S/C19H19N5O4/c1-4-27-18(25)14-11(3)21-19(26)24-15(14)17-23-13(9-20)16(28-17)22-12-7-5-10(2)6-8-12/h5-8,15,22H,4H2,1-3H3,(H2,21,24,26). The van der Waals surface area contributed by atoms with Crippen molar-refractivity contribution in [3.63, 3.8) is 0 Å². The summed E-state index contributed by atoms with van der Waals surface area (Å²) in [6.07, 6.45) is 0. The first-order valence-corrected chi connectivity index (χ1v) is 8.62. The Bertz CT molecular complexity index is 985. The van der Waals surface area contributed by atoms with Gasteiger partial charge in [-0.15, -0.1) is 0 Å². The van der Waals surface area contributed by atoms with E-state index in [1.54, 1.807) is 13.8 Å². The number of hydrogen-bond acceptors (Lipinski definition) is 7. The lowest BCUT2D eigenvalue weighted by molar-refractivity contribution is -0.139. The van der Waals surface area contributed by atoms with E-state index in [0.29, 0.717) is 11.4 Å². The second-order valence-electron chi connectivity index (χ2n) is 6.12. The normalized spacial score (nSPS) is 16.1. The van der Waals surface area contributed by atoms with Crippen molar-refractivity contribution in [1.82, 2.24) is 15.6 Å². The summed E-state index contributed by atoms with van der Waals surface area (Å²) < 4.78 is 10.8. The maximum atomic E-state index is 12.4. The van der Waals surface area contributed by atoms with Crippen LogP contribution in [0.2, 0.25) is 0 Å². The number of aromatic nitrogens is 1. The third-order valence-electron chi connectivity index (χ3n) is 4.07. The molecule has 0 fully saturated rings. The van der Waals surface area contributed by atoms with Gasteiger partial charge < -0.3 is 25.1 Å². The van der Waals surface area contributed by atoms with E-state index in [0.717, 1.165) is 5.56 Å². The zero-order valence-corrected chi connectivity index (χ0v) is 15.6. The smallest absolute Gasteiger partial charge is 0.338 e. The molecule has 0 radical (unpaired) electrons. The summed E-state index contributed by atoms with van der Waals surface area (Å²) in [5.41, 5.74) is 2.29. The minimum Gasteiger partial charge on any atom is -0.463 e. The highest BCUT2D eigenvalue weighted by atomic mass is 16.5. The van der Waals surface area contributed by atoms with Crippen molar-refractivity contribution in [2.45, 2.75) is 26.8 Å². The molecule has 9 heteroatoms. The Balaban J connectivity index is 1.97. The third kappa shape index (κ3) is 3.81. The van der Waals surface area contributed by atoms with Gasteiger partial charge in [-0.3, -0.25) is 0 Å². The number of nitriles is 1. The molecule has 28 heavy (non-hydrogen) atoms. The molecule has 3 rings (SSSR count). The predicted octanol–water partition coefficient (Wildman–Crippen LogP) is 2.79. The highest BCUT2D eigenvalue weighted by Crippen LogP contribution is 2.31. The number of rotatable bonds is 5. The average Bonchev–Trinajstić information content (AvgIpc) is 3.06. The first-order chi connectivity index (χ1) is 13.4. The SMILES string of the molecule is CCOC(=O)C1=C(C)NC(=O)NC1c1nc(C#N)c(Nc2ccc(C)cc2)o1. The van der Waals surface area contributed by atoms with Crippen LogP contribution in [0, 0.1) is 18.3 Å². The number of carbonyl (C=O) groups is 2. The zero-order chi connectivity index (χ0) is 20.3. The molecule has 2 amide bonds. The van der Waals surface area contributed by atoms with Gasteiger partial charge in [0.2, 0.25) is 17.5 Å². The highest BCUT2D eigenvalue weighted by molar-refractivity contribution is 5.94. The first kappa shape index (κ1) is 19.0. The summed E-state index contributed by atoms with van der Waals surface area (Å²) in [5, 5.41) is 17.5. The van der Waals surface area contributed by atoms with Gasteiger partial charge in [-0.2, -0.15) is 10.2 Å². The van der Waals surface area contributed by atoms with Crippen molar-refractivity contribution in [2.24, 2.45) is 0 Å². The lowest BCUT2D eigenvalue weighted by Gasteiger charge is -2.25. The summed E-state index contributed by atoms with van der Waals surface area (Å²) in [4.78, 5) is 28.4. The fourth-order valence-electron chi connectivity index (χ4n) is 2.75. The van der Waals surface area contributed by atoms with Crippen molar-refractivity contribution >= 4 is 23.6 Å². The number of nitrogens with one attached hydrogen (secondary N) is 3. The summed E-state index contributed by atoms with van der Waals surface area (Å²) in [6, 6.07) is 7.94. The molecule has 1 atom stereocenters. The molecule has 0 saturated heterocycles. The van der Waals surface area contributed by atoms with Crippen LogP contribution < -0.4 is 16.0 Å². The monoisotopic (exact) mass is 381 g/mol. The molecule has 2 heterocycles. The van der Waals surface area contributed by atoms with Crippen molar-refractivity contribution in [3.05, 3.63) is 52.7 Å². The number of allylic oxidation sites excluding steroid dienone is 1. The fraction of sp³-hybridized carbons (Fsp3) is 0.263. The summed E-state index contributed by atoms with van der Waals surface area (Å²) in [7, 11) is 0. The van der Waals surface area contributed by atoms with Gasteiger partial charge in [0.1, 0.15) is 12.1 Å². The minimum atomic E-state index is -0.978. The van der Waals surface area contributed by atoms with Gasteiger partial charge in [-0.1, -0.05) is 17.7 Å². The topological polar surface area (TPSA) is 129 Å². The van der Waals surface area contributed by atoms with Crippen LogP contribution >= 0.6 is 0 Å². The molecular formula is C19H19N5O4. The number of urea groups is 1. The van der Waals surface area contributed by atoms with E-state index in [2.05, 4.69) is 20.9 Å². The minimum absolute atomic E-state index is 0.00316. The zero-order valence-electron chi connectivity index (χ0n) is 15.6. The van der Waals surface area contributed by atoms with E-state index in [1.807, 2.05) is 37.3 Å². The van der Waals surface area contributed by atoms with Gasteiger partial charge in [-0.25, -0.2) is 9.59 Å². The molecule has 0 spiro atoms. The number of nitrogens with zero attached hydrogens (tertiary/aromatic N) is 2. The van der Waals surface area contributed by atoms with Crippen molar-refractivity contribution in [3.8, 4) is 6.07 Å². The van der Waals surface area contributed by atoms with Crippen LogP contribution in [0.3, 0.4) is 0 Å². The second kappa shape index (κ2) is 7.84. The van der Waals surface area contributed by atoms with E-state index in [9.17, 15) is 14.9 Å². The summed E-state index contributed by atoms with van der Waals surface area (Å²) in [6.45, 7) is 5.39. The maximum Gasteiger partial charge on any atom is 0.338 e. The Morgan fingerprint density at radius 3 is 2.71 bits per heavy atom. The summed E-state index contributed by atoms with van der Waals surface area (Å²) in [5.74, 6) is -0.485. The van der Waals surface area contributed by atoms with Gasteiger partial charge in [0, 0.05) is 11.4 Å². The number of aryl methyl sites for hydroxylation is 1. The average molecular weight is 381 g/mol. The number of carbonyl (C=O) groups excluding carboxylic acids is 2. The third-order valence-corrected chi connectivity index (χ3v) is 4.07. The Morgan fingerprint density at radius 2 is 2.07 bits per heavy atom. The van der Waals surface area contributed by atoms with Crippen LogP contribution in [0.15, 0.2) is 40.0 Å². The lowest BCUT2D eigenvalue weighted by Crippen LogP contribution is -2.45. The molecule has 2 aromatic rings. The Labute approximate surface area is 161 Å². The molecule has 1 aliphatic heterocycles. The molecule has 1 unspecified atom stereocenters. The van der Waals surface area contributed by atoms with E-state index in [-0.39, 0.29) is 29.6 Å². The predicted molar refractivity (Wildman–Crippen MR) is 99.4 cm³/mol. The van der Waals surface area contributed by atoms with E-state index in [4.69, 9.17) is 9.15 Å². The number of amides is 2. The lowest BCUT2D eigenvalue weighted by atomic mass is 10.0. The molecular weight excluding hydrogens is 362 g/mol. The number of ether oxygens (including phenoxy) is 1. The van der Waals surface area contributed by atoms with Gasteiger partial charge in [0.05, 0.1) is 12.2 Å². The van der Waals surface area contributed by atoms with Crippen LogP contribution in [0.1, 0.15) is 37.0 Å². The Morgan fingerprint density at radius 1 is 1.36 bits per heavy atom. The molecule has 1 aliphatic rings. The number of esters is 1. The quantitative estimate of drug-likeness (QED) is 0.679. The molecule has 1 aromatic carbocycles. The van der Waals surface area contributed by atoms with Gasteiger partial charge in [0.15, 0.2) is 0 Å². The molecule has 9 nitrogen and oxygen atoms in total. The number of anilines is 2. The van der Waals surface area contributed by atoms with Gasteiger partial charge in [-0.05, 0) is 32.9 Å². The number of benzene rings is 1.